The van der Waals surface area contributed by atoms with Crippen molar-refractivity contribution in [3.05, 3.63) is 35.4 Å². The van der Waals surface area contributed by atoms with Crippen LogP contribution in [0.4, 0.5) is 0 Å². The van der Waals surface area contributed by atoms with E-state index in [4.69, 9.17) is 5.73 Å². The lowest BCUT2D eigenvalue weighted by Crippen LogP contribution is -2.28. The topological polar surface area (TPSA) is 46.3 Å². The standard InChI is InChI=1S/C14H20N2O/c1-11-2-4-12(5-3-11)6-7-16-10-13(9-15)8-14(16)17/h2-5,13H,6-10,15H2,1H3. The van der Waals surface area contributed by atoms with E-state index >= 15 is 0 Å². The lowest BCUT2D eigenvalue weighted by Gasteiger charge is -2.16. The minimum atomic E-state index is 0.257. The Balaban J connectivity index is 1.86. The first-order valence-corrected chi connectivity index (χ1v) is 6.22. The summed E-state index contributed by atoms with van der Waals surface area (Å²) < 4.78 is 0. The molecule has 1 aliphatic rings. The van der Waals surface area contributed by atoms with Crippen LogP contribution in [0.25, 0.3) is 0 Å². The molecule has 0 aliphatic carbocycles. The SMILES string of the molecule is Cc1ccc(CCN2CC(CN)CC2=O)cc1. The summed E-state index contributed by atoms with van der Waals surface area (Å²) in [7, 11) is 0. The van der Waals surface area contributed by atoms with Gasteiger partial charge in [0.25, 0.3) is 0 Å². The molecule has 1 fully saturated rings. The smallest absolute Gasteiger partial charge is 0.222 e. The number of hydrogen-bond acceptors (Lipinski definition) is 2. The predicted molar refractivity (Wildman–Crippen MR) is 68.6 cm³/mol. The fraction of sp³-hybridized carbons (Fsp3) is 0.500. The molecule has 92 valence electrons. The van der Waals surface area contributed by atoms with Crippen molar-refractivity contribution in [3.8, 4) is 0 Å². The summed E-state index contributed by atoms with van der Waals surface area (Å²) in [4.78, 5) is 13.6. The van der Waals surface area contributed by atoms with Gasteiger partial charge in [-0.3, -0.25) is 4.79 Å². The van der Waals surface area contributed by atoms with E-state index in [2.05, 4.69) is 31.2 Å². The molecule has 3 nitrogen and oxygen atoms in total. The number of rotatable bonds is 4. The first-order valence-electron chi connectivity index (χ1n) is 6.22. The summed E-state index contributed by atoms with van der Waals surface area (Å²) in [6.07, 6.45) is 1.56. The molecule has 1 atom stereocenters. The summed E-state index contributed by atoms with van der Waals surface area (Å²) >= 11 is 0. The molecule has 0 aromatic heterocycles. The maximum Gasteiger partial charge on any atom is 0.222 e. The Labute approximate surface area is 103 Å². The molecular weight excluding hydrogens is 212 g/mol. The summed E-state index contributed by atoms with van der Waals surface area (Å²) in [6.45, 7) is 4.35. The van der Waals surface area contributed by atoms with Gasteiger partial charge in [-0.25, -0.2) is 0 Å². The average Bonchev–Trinajstić information content (AvgIpc) is 2.69. The van der Waals surface area contributed by atoms with Crippen LogP contribution in [0.1, 0.15) is 17.5 Å². The second-order valence-electron chi connectivity index (χ2n) is 4.88. The molecule has 17 heavy (non-hydrogen) atoms. The van der Waals surface area contributed by atoms with Gasteiger partial charge in [0, 0.05) is 19.5 Å². The molecule has 0 radical (unpaired) electrons. The van der Waals surface area contributed by atoms with Gasteiger partial charge in [-0.05, 0) is 31.4 Å². The number of aryl methyl sites for hydroxylation is 1. The maximum absolute atomic E-state index is 11.7. The van der Waals surface area contributed by atoms with E-state index in [0.717, 1.165) is 19.5 Å². The Morgan fingerprint density at radius 3 is 2.65 bits per heavy atom. The van der Waals surface area contributed by atoms with Gasteiger partial charge in [0.2, 0.25) is 5.91 Å². The second-order valence-corrected chi connectivity index (χ2v) is 4.88. The summed E-state index contributed by atoms with van der Waals surface area (Å²) in [5, 5.41) is 0. The van der Waals surface area contributed by atoms with Gasteiger partial charge in [0.1, 0.15) is 0 Å². The fourth-order valence-corrected chi connectivity index (χ4v) is 2.25. The Morgan fingerprint density at radius 2 is 2.06 bits per heavy atom. The molecule has 2 N–H and O–H groups in total. The molecule has 2 rings (SSSR count). The van der Waals surface area contributed by atoms with Crippen molar-refractivity contribution >= 4 is 5.91 Å². The van der Waals surface area contributed by atoms with Crippen molar-refractivity contribution < 1.29 is 4.79 Å². The van der Waals surface area contributed by atoms with Crippen molar-refractivity contribution in [3.63, 3.8) is 0 Å². The number of nitrogens with zero attached hydrogens (tertiary/aromatic N) is 1. The van der Waals surface area contributed by atoms with Gasteiger partial charge in [0.15, 0.2) is 0 Å². The molecule has 3 heteroatoms. The zero-order chi connectivity index (χ0) is 12.3. The van der Waals surface area contributed by atoms with Crippen molar-refractivity contribution in [1.82, 2.24) is 4.90 Å². The van der Waals surface area contributed by atoms with Crippen LogP contribution in [-0.2, 0) is 11.2 Å². The Bertz CT molecular complexity index is 386. The molecule has 1 aromatic carbocycles. The van der Waals surface area contributed by atoms with Crippen molar-refractivity contribution in [2.75, 3.05) is 19.6 Å². The zero-order valence-corrected chi connectivity index (χ0v) is 10.4. The number of likely N-dealkylation sites (tertiary alicyclic amines) is 1. The molecule has 1 unspecified atom stereocenters. The highest BCUT2D eigenvalue weighted by Gasteiger charge is 2.27. The second kappa shape index (κ2) is 5.32. The first-order chi connectivity index (χ1) is 8.19. The molecule has 1 aromatic rings. The van der Waals surface area contributed by atoms with E-state index in [-0.39, 0.29) is 5.91 Å². The van der Waals surface area contributed by atoms with Crippen molar-refractivity contribution in [2.45, 2.75) is 19.8 Å². The van der Waals surface area contributed by atoms with E-state index in [1.54, 1.807) is 0 Å². The third-order valence-electron chi connectivity index (χ3n) is 3.42. The highest BCUT2D eigenvalue weighted by atomic mass is 16.2. The zero-order valence-electron chi connectivity index (χ0n) is 10.4. The predicted octanol–water partition coefficient (Wildman–Crippen LogP) is 1.34. The lowest BCUT2D eigenvalue weighted by atomic mass is 10.1. The summed E-state index contributed by atoms with van der Waals surface area (Å²) in [5.74, 6) is 0.619. The van der Waals surface area contributed by atoms with Gasteiger partial charge in [-0.1, -0.05) is 29.8 Å². The minimum Gasteiger partial charge on any atom is -0.342 e. The Hall–Kier alpha value is -1.35. The molecular formula is C14H20N2O. The van der Waals surface area contributed by atoms with Gasteiger partial charge in [0.05, 0.1) is 0 Å². The Morgan fingerprint density at radius 1 is 1.35 bits per heavy atom. The van der Waals surface area contributed by atoms with Gasteiger partial charge in [-0.2, -0.15) is 0 Å². The largest absolute Gasteiger partial charge is 0.342 e. The summed E-state index contributed by atoms with van der Waals surface area (Å²) in [5.41, 5.74) is 8.17. The lowest BCUT2D eigenvalue weighted by molar-refractivity contribution is -0.127. The minimum absolute atomic E-state index is 0.257. The third kappa shape index (κ3) is 3.07. The van der Waals surface area contributed by atoms with Crippen LogP contribution >= 0.6 is 0 Å². The number of hydrogen-bond donors (Lipinski definition) is 1. The van der Waals surface area contributed by atoms with Crippen LogP contribution in [0.15, 0.2) is 24.3 Å². The number of carbonyl (C=O) groups is 1. The molecule has 1 saturated heterocycles. The van der Waals surface area contributed by atoms with Gasteiger partial charge >= 0.3 is 0 Å². The number of carbonyl (C=O) groups excluding carboxylic acids is 1. The number of benzene rings is 1. The van der Waals surface area contributed by atoms with E-state index in [9.17, 15) is 4.79 Å². The van der Waals surface area contributed by atoms with Crippen LogP contribution < -0.4 is 5.73 Å². The van der Waals surface area contributed by atoms with Gasteiger partial charge in [-0.15, -0.1) is 0 Å². The molecule has 1 heterocycles. The average molecular weight is 232 g/mol. The highest BCUT2D eigenvalue weighted by Crippen LogP contribution is 2.17. The first kappa shape index (κ1) is 12.1. The fourth-order valence-electron chi connectivity index (χ4n) is 2.25. The van der Waals surface area contributed by atoms with E-state index in [1.165, 1.54) is 11.1 Å². The van der Waals surface area contributed by atoms with Crippen LogP contribution in [0.2, 0.25) is 0 Å². The normalized spacial score (nSPS) is 20.0. The monoisotopic (exact) mass is 232 g/mol. The maximum atomic E-state index is 11.7. The van der Waals surface area contributed by atoms with Crippen molar-refractivity contribution in [2.24, 2.45) is 11.7 Å². The van der Waals surface area contributed by atoms with E-state index in [1.807, 2.05) is 4.90 Å². The van der Waals surface area contributed by atoms with E-state index in [0.29, 0.717) is 18.9 Å². The number of nitrogens with two attached hydrogens (primary N) is 1. The molecule has 1 aliphatic heterocycles. The van der Waals surface area contributed by atoms with Crippen LogP contribution in [0.3, 0.4) is 0 Å². The Kier molecular flexibility index (Phi) is 3.79. The van der Waals surface area contributed by atoms with E-state index < -0.39 is 0 Å². The molecule has 0 spiro atoms. The van der Waals surface area contributed by atoms with Crippen LogP contribution in [-0.4, -0.2) is 30.4 Å². The molecule has 0 bridgehead atoms. The molecule has 1 amide bonds. The van der Waals surface area contributed by atoms with Crippen LogP contribution in [0, 0.1) is 12.8 Å². The third-order valence-corrected chi connectivity index (χ3v) is 3.42. The highest BCUT2D eigenvalue weighted by molar-refractivity contribution is 5.78. The van der Waals surface area contributed by atoms with Crippen molar-refractivity contribution in [1.29, 1.82) is 0 Å². The summed E-state index contributed by atoms with van der Waals surface area (Å²) in [6, 6.07) is 8.50. The quantitative estimate of drug-likeness (QED) is 0.851. The molecule has 0 saturated carbocycles. The van der Waals surface area contributed by atoms with Crippen LogP contribution in [0.5, 0.6) is 0 Å². The number of amides is 1. The van der Waals surface area contributed by atoms with Gasteiger partial charge < -0.3 is 10.6 Å².